The summed E-state index contributed by atoms with van der Waals surface area (Å²) in [5.74, 6) is -1.42. The number of halogens is 2. The molecule has 3 aromatic carbocycles. The molecule has 0 bridgehead atoms. The highest BCUT2D eigenvalue weighted by atomic mass is 35.5. The van der Waals surface area contributed by atoms with E-state index >= 15 is 0 Å². The molecule has 0 spiro atoms. The summed E-state index contributed by atoms with van der Waals surface area (Å²) in [6.45, 7) is -0.422. The third-order valence-corrected chi connectivity index (χ3v) is 4.87. The monoisotopic (exact) mass is 428 g/mol. The van der Waals surface area contributed by atoms with Gasteiger partial charge in [0.1, 0.15) is 6.54 Å². The van der Waals surface area contributed by atoms with Gasteiger partial charge in [-0.2, -0.15) is 0 Å². The second kappa shape index (κ2) is 9.45. The lowest BCUT2D eigenvalue weighted by molar-refractivity contribution is -0.136. The van der Waals surface area contributed by atoms with Crippen LogP contribution < -0.4 is 10.2 Å². The average molecular weight is 429 g/mol. The minimum Gasteiger partial charge on any atom is -0.480 e. The lowest BCUT2D eigenvalue weighted by Crippen LogP contribution is -2.36. The molecule has 1 amide bonds. The molecule has 3 aromatic rings. The summed E-state index contributed by atoms with van der Waals surface area (Å²) in [5.41, 5.74) is 2.43. The first-order chi connectivity index (χ1) is 14.0. The Morgan fingerprint density at radius 3 is 2.14 bits per heavy atom. The number of anilines is 3. The maximum Gasteiger partial charge on any atom is 0.323 e. The number of carbonyl (C=O) groups excluding carboxylic acids is 1. The fourth-order valence-electron chi connectivity index (χ4n) is 2.87. The largest absolute Gasteiger partial charge is 0.480 e. The highest BCUT2D eigenvalue weighted by molar-refractivity contribution is 6.39. The molecule has 0 aliphatic heterocycles. The predicted molar refractivity (Wildman–Crippen MR) is 116 cm³/mol. The van der Waals surface area contributed by atoms with Crippen molar-refractivity contribution in [3.05, 3.63) is 88.4 Å². The molecule has 5 nitrogen and oxygen atoms in total. The van der Waals surface area contributed by atoms with Crippen LogP contribution in [0.15, 0.2) is 72.8 Å². The van der Waals surface area contributed by atoms with Gasteiger partial charge in [-0.05, 0) is 35.9 Å². The highest BCUT2D eigenvalue weighted by Gasteiger charge is 2.20. The Hall–Kier alpha value is -3.02. The molecular weight excluding hydrogens is 411 g/mol. The van der Waals surface area contributed by atoms with E-state index in [1.807, 2.05) is 18.2 Å². The lowest BCUT2D eigenvalue weighted by Gasteiger charge is -2.22. The summed E-state index contributed by atoms with van der Waals surface area (Å²) in [4.78, 5) is 25.5. The van der Waals surface area contributed by atoms with Crippen LogP contribution in [0.1, 0.15) is 5.56 Å². The van der Waals surface area contributed by atoms with Gasteiger partial charge in [-0.1, -0.05) is 65.7 Å². The Morgan fingerprint density at radius 1 is 0.862 bits per heavy atom. The third-order valence-electron chi connectivity index (χ3n) is 4.24. The second-order valence-electron chi connectivity index (χ2n) is 6.26. The molecule has 0 radical (unpaired) electrons. The SMILES string of the molecule is O=C(O)CN(C(=O)Cc1ccccc1Nc1c(Cl)cccc1Cl)c1ccccc1. The minimum absolute atomic E-state index is 0.00736. The highest BCUT2D eigenvalue weighted by Crippen LogP contribution is 2.33. The van der Waals surface area contributed by atoms with E-state index in [0.717, 1.165) is 0 Å². The Morgan fingerprint density at radius 2 is 1.48 bits per heavy atom. The van der Waals surface area contributed by atoms with E-state index in [4.69, 9.17) is 23.2 Å². The van der Waals surface area contributed by atoms with E-state index in [2.05, 4.69) is 5.32 Å². The van der Waals surface area contributed by atoms with Crippen molar-refractivity contribution in [3.8, 4) is 0 Å². The van der Waals surface area contributed by atoms with Gasteiger partial charge >= 0.3 is 5.97 Å². The van der Waals surface area contributed by atoms with Gasteiger partial charge in [0.05, 0.1) is 22.2 Å². The predicted octanol–water partition coefficient (Wildman–Crippen LogP) is 5.40. The molecule has 0 unspecified atom stereocenters. The standard InChI is InChI=1S/C22H18Cl2N2O3/c23-17-10-6-11-18(24)22(17)25-19-12-5-4-7-15(19)13-20(27)26(14-21(28)29)16-8-2-1-3-9-16/h1-12,25H,13-14H2,(H,28,29). The maximum atomic E-state index is 13.0. The Labute approximate surface area is 178 Å². The number of carboxylic acid groups (broad SMARTS) is 1. The van der Waals surface area contributed by atoms with Crippen molar-refractivity contribution >= 4 is 52.1 Å². The van der Waals surface area contributed by atoms with Crippen molar-refractivity contribution in [1.29, 1.82) is 0 Å². The number of benzene rings is 3. The van der Waals surface area contributed by atoms with Crippen molar-refractivity contribution in [2.45, 2.75) is 6.42 Å². The Kier molecular flexibility index (Phi) is 6.75. The minimum atomic E-state index is -1.09. The quantitative estimate of drug-likeness (QED) is 0.528. The molecular formula is C22H18Cl2N2O3. The number of rotatable bonds is 7. The lowest BCUT2D eigenvalue weighted by atomic mass is 10.1. The number of hydrogen-bond acceptors (Lipinski definition) is 3. The van der Waals surface area contributed by atoms with Gasteiger partial charge in [0.2, 0.25) is 5.91 Å². The van der Waals surface area contributed by atoms with Crippen molar-refractivity contribution < 1.29 is 14.7 Å². The molecule has 2 N–H and O–H groups in total. The summed E-state index contributed by atoms with van der Waals surface area (Å²) in [7, 11) is 0. The fraction of sp³-hybridized carbons (Fsp3) is 0.0909. The van der Waals surface area contributed by atoms with Crippen LogP contribution in [0.2, 0.25) is 10.0 Å². The van der Waals surface area contributed by atoms with Gasteiger partial charge < -0.3 is 15.3 Å². The maximum absolute atomic E-state index is 13.0. The van der Waals surface area contributed by atoms with E-state index in [1.165, 1.54) is 4.90 Å². The van der Waals surface area contributed by atoms with E-state index in [9.17, 15) is 14.7 Å². The molecule has 0 fully saturated rings. The topological polar surface area (TPSA) is 69.6 Å². The summed E-state index contributed by atoms with van der Waals surface area (Å²) < 4.78 is 0. The number of nitrogens with zero attached hydrogens (tertiary/aromatic N) is 1. The molecule has 0 heterocycles. The van der Waals surface area contributed by atoms with E-state index < -0.39 is 12.5 Å². The zero-order chi connectivity index (χ0) is 20.8. The van der Waals surface area contributed by atoms with Gasteiger partial charge in [-0.25, -0.2) is 0 Å². The third kappa shape index (κ3) is 5.28. The zero-order valence-electron chi connectivity index (χ0n) is 15.3. The number of hydrogen-bond donors (Lipinski definition) is 2. The Balaban J connectivity index is 1.87. The van der Waals surface area contributed by atoms with Gasteiger partial charge in [0.25, 0.3) is 0 Å². The van der Waals surface area contributed by atoms with E-state index in [1.54, 1.807) is 54.6 Å². The molecule has 148 valence electrons. The molecule has 0 aliphatic carbocycles. The first-order valence-electron chi connectivity index (χ1n) is 8.82. The van der Waals surface area contributed by atoms with Crippen molar-refractivity contribution in [2.24, 2.45) is 0 Å². The molecule has 0 aromatic heterocycles. The molecule has 0 saturated heterocycles. The molecule has 3 rings (SSSR count). The van der Waals surface area contributed by atoms with Crippen molar-refractivity contribution in [3.63, 3.8) is 0 Å². The summed E-state index contributed by atoms with van der Waals surface area (Å²) in [6.07, 6.45) is 0.00736. The Bertz CT molecular complexity index is 1010. The average Bonchev–Trinajstić information content (AvgIpc) is 2.70. The van der Waals surface area contributed by atoms with Crippen LogP contribution in [0, 0.1) is 0 Å². The fourth-order valence-corrected chi connectivity index (χ4v) is 3.37. The van der Waals surface area contributed by atoms with Gasteiger partial charge in [0.15, 0.2) is 0 Å². The van der Waals surface area contributed by atoms with Crippen LogP contribution in [0.5, 0.6) is 0 Å². The van der Waals surface area contributed by atoms with Crippen LogP contribution in [0.3, 0.4) is 0 Å². The molecule has 29 heavy (non-hydrogen) atoms. The number of para-hydroxylation sites is 3. The van der Waals surface area contributed by atoms with Gasteiger partial charge in [-0.3, -0.25) is 9.59 Å². The van der Waals surface area contributed by atoms with Crippen LogP contribution in [0.25, 0.3) is 0 Å². The summed E-state index contributed by atoms with van der Waals surface area (Å²) in [5, 5.41) is 13.3. The van der Waals surface area contributed by atoms with Crippen LogP contribution in [-0.4, -0.2) is 23.5 Å². The number of nitrogens with one attached hydrogen (secondary N) is 1. The number of amides is 1. The summed E-state index contributed by atoms with van der Waals surface area (Å²) in [6, 6.07) is 21.2. The second-order valence-corrected chi connectivity index (χ2v) is 7.08. The van der Waals surface area contributed by atoms with E-state index in [0.29, 0.717) is 32.7 Å². The number of aliphatic carboxylic acids is 1. The van der Waals surface area contributed by atoms with Crippen molar-refractivity contribution in [2.75, 3.05) is 16.8 Å². The summed E-state index contributed by atoms with van der Waals surface area (Å²) >= 11 is 12.5. The molecule has 0 saturated carbocycles. The number of carbonyl (C=O) groups is 2. The molecule has 0 atom stereocenters. The van der Waals surface area contributed by atoms with Crippen molar-refractivity contribution in [1.82, 2.24) is 0 Å². The first kappa shape index (κ1) is 20.7. The molecule has 7 heteroatoms. The van der Waals surface area contributed by atoms with Crippen LogP contribution >= 0.6 is 23.2 Å². The smallest absolute Gasteiger partial charge is 0.323 e. The van der Waals surface area contributed by atoms with Crippen LogP contribution in [-0.2, 0) is 16.0 Å². The zero-order valence-corrected chi connectivity index (χ0v) is 16.8. The first-order valence-corrected chi connectivity index (χ1v) is 9.57. The van der Waals surface area contributed by atoms with Crippen LogP contribution in [0.4, 0.5) is 17.1 Å². The normalized spacial score (nSPS) is 10.4. The number of carboxylic acids is 1. The van der Waals surface area contributed by atoms with Gasteiger partial charge in [-0.15, -0.1) is 0 Å². The van der Waals surface area contributed by atoms with E-state index in [-0.39, 0.29) is 12.3 Å². The van der Waals surface area contributed by atoms with Gasteiger partial charge in [0, 0.05) is 11.4 Å². The molecule has 0 aliphatic rings.